The lowest BCUT2D eigenvalue weighted by Crippen LogP contribution is -2.36. The third-order valence-corrected chi connectivity index (χ3v) is 7.91. The van der Waals surface area contributed by atoms with Crippen LogP contribution in [0, 0.1) is 4.77 Å². The van der Waals surface area contributed by atoms with Crippen molar-refractivity contribution in [2.45, 2.75) is 78.8 Å². The predicted octanol–water partition coefficient (Wildman–Crippen LogP) is 5.29. The van der Waals surface area contributed by atoms with Gasteiger partial charge in [0, 0.05) is 11.4 Å². The first-order valence-corrected chi connectivity index (χ1v) is 15.2. The Morgan fingerprint density at radius 2 is 1.05 bits per heavy atom. The molecule has 0 aliphatic heterocycles. The number of imidazole rings is 1. The maximum atomic E-state index is 5.92. The van der Waals surface area contributed by atoms with E-state index in [4.69, 9.17) is 12.2 Å². The SMILES string of the molecule is CCCc1c(CCC)n([Si](C)(C)C)c(=S)n1[Si](C)(C)C. The van der Waals surface area contributed by atoms with Gasteiger partial charge >= 0.3 is 0 Å². The zero-order valence-electron chi connectivity index (χ0n) is 14.6. The Morgan fingerprint density at radius 3 is 1.25 bits per heavy atom. The molecule has 1 aromatic heterocycles. The van der Waals surface area contributed by atoms with Crippen LogP contribution < -0.4 is 0 Å². The molecular formula is C15H32N2SSi2. The molecule has 5 heteroatoms. The van der Waals surface area contributed by atoms with Crippen molar-refractivity contribution in [2.24, 2.45) is 0 Å². The maximum absolute atomic E-state index is 5.92. The molecule has 0 unspecified atom stereocenters. The molecule has 0 aliphatic rings. The largest absolute Gasteiger partial charge is 0.349 e. The number of aromatic nitrogens is 2. The van der Waals surface area contributed by atoms with Gasteiger partial charge < -0.3 is 8.47 Å². The monoisotopic (exact) mass is 328 g/mol. The number of hydrogen-bond acceptors (Lipinski definition) is 1. The lowest BCUT2D eigenvalue weighted by Gasteiger charge is -2.23. The molecule has 0 atom stereocenters. The van der Waals surface area contributed by atoms with Crippen LogP contribution in [0.3, 0.4) is 0 Å². The van der Waals surface area contributed by atoms with Gasteiger partial charge in [-0.2, -0.15) is 0 Å². The zero-order chi connectivity index (χ0) is 15.7. The van der Waals surface area contributed by atoms with Gasteiger partial charge in [-0.25, -0.2) is 0 Å². The molecule has 0 aromatic carbocycles. The molecule has 0 radical (unpaired) electrons. The van der Waals surface area contributed by atoms with E-state index >= 15 is 0 Å². The molecular weight excluding hydrogens is 296 g/mol. The molecule has 1 aromatic rings. The van der Waals surface area contributed by atoms with Crippen LogP contribution >= 0.6 is 12.2 Å². The summed E-state index contributed by atoms with van der Waals surface area (Å²) in [6.07, 6.45) is 4.73. The minimum Gasteiger partial charge on any atom is -0.349 e. The van der Waals surface area contributed by atoms with Gasteiger partial charge in [-0.3, -0.25) is 0 Å². The fourth-order valence-corrected chi connectivity index (χ4v) is 8.37. The zero-order valence-corrected chi connectivity index (χ0v) is 17.4. The molecule has 2 nitrogen and oxygen atoms in total. The van der Waals surface area contributed by atoms with Gasteiger partial charge in [-0.15, -0.1) is 0 Å². The van der Waals surface area contributed by atoms with Crippen molar-refractivity contribution in [3.8, 4) is 0 Å². The van der Waals surface area contributed by atoms with Crippen molar-refractivity contribution < 1.29 is 0 Å². The van der Waals surface area contributed by atoms with E-state index in [9.17, 15) is 0 Å². The molecule has 116 valence electrons. The summed E-state index contributed by atoms with van der Waals surface area (Å²) in [6, 6.07) is 0. The second-order valence-electron chi connectivity index (χ2n) is 7.69. The van der Waals surface area contributed by atoms with Crippen molar-refractivity contribution in [3.05, 3.63) is 16.2 Å². The maximum Gasteiger partial charge on any atom is 0.163 e. The highest BCUT2D eigenvalue weighted by atomic mass is 32.1. The predicted molar refractivity (Wildman–Crippen MR) is 98.7 cm³/mol. The smallest absolute Gasteiger partial charge is 0.163 e. The summed E-state index contributed by atoms with van der Waals surface area (Å²) in [5, 5.41) is 0. The lowest BCUT2D eigenvalue weighted by molar-refractivity contribution is 0.806. The average molecular weight is 329 g/mol. The summed E-state index contributed by atoms with van der Waals surface area (Å²) in [5.41, 5.74) is 3.09. The van der Waals surface area contributed by atoms with Crippen LogP contribution in [0.4, 0.5) is 0 Å². The highest BCUT2D eigenvalue weighted by molar-refractivity contribution is 7.71. The lowest BCUT2D eigenvalue weighted by atomic mass is 10.1. The first-order valence-electron chi connectivity index (χ1n) is 7.92. The van der Waals surface area contributed by atoms with Gasteiger partial charge in [0.1, 0.15) is 0 Å². The second kappa shape index (κ2) is 6.32. The molecule has 1 rings (SSSR count). The van der Waals surface area contributed by atoms with Crippen molar-refractivity contribution in [1.29, 1.82) is 0 Å². The topological polar surface area (TPSA) is 9.86 Å². The fraction of sp³-hybridized carbons (Fsp3) is 0.800. The van der Waals surface area contributed by atoms with Crippen molar-refractivity contribution >= 4 is 28.7 Å². The molecule has 20 heavy (non-hydrogen) atoms. The van der Waals surface area contributed by atoms with E-state index in [-0.39, 0.29) is 0 Å². The molecule has 0 N–H and O–H groups in total. The number of rotatable bonds is 6. The Morgan fingerprint density at radius 1 is 0.750 bits per heavy atom. The van der Waals surface area contributed by atoms with Crippen molar-refractivity contribution in [2.75, 3.05) is 0 Å². The third kappa shape index (κ3) is 3.54. The minimum atomic E-state index is -1.46. The van der Waals surface area contributed by atoms with Crippen LogP contribution in [0.25, 0.3) is 0 Å². The third-order valence-electron chi connectivity index (χ3n) is 3.57. The van der Waals surface area contributed by atoms with Gasteiger partial charge in [0.25, 0.3) is 0 Å². The van der Waals surface area contributed by atoms with Crippen LogP contribution in [0.2, 0.25) is 39.3 Å². The summed E-state index contributed by atoms with van der Waals surface area (Å²) in [7, 11) is -2.93. The van der Waals surface area contributed by atoms with E-state index in [2.05, 4.69) is 61.6 Å². The van der Waals surface area contributed by atoms with E-state index in [0.29, 0.717) is 0 Å². The van der Waals surface area contributed by atoms with E-state index < -0.39 is 16.5 Å². The number of nitrogens with zero attached hydrogens (tertiary/aromatic N) is 2. The van der Waals surface area contributed by atoms with Gasteiger partial charge in [0.2, 0.25) is 0 Å². The van der Waals surface area contributed by atoms with Crippen LogP contribution in [0.5, 0.6) is 0 Å². The highest BCUT2D eigenvalue weighted by Crippen LogP contribution is 2.25. The summed E-state index contributed by atoms with van der Waals surface area (Å²) >= 11 is 5.92. The highest BCUT2D eigenvalue weighted by Gasteiger charge is 2.30. The van der Waals surface area contributed by atoms with Crippen molar-refractivity contribution in [3.63, 3.8) is 0 Å². The Balaban J connectivity index is 3.73. The summed E-state index contributed by atoms with van der Waals surface area (Å²) < 4.78 is 6.24. The molecule has 0 fully saturated rings. The van der Waals surface area contributed by atoms with Crippen LogP contribution in [-0.4, -0.2) is 24.9 Å². The Labute approximate surface area is 132 Å². The second-order valence-corrected chi connectivity index (χ2v) is 17.6. The number of hydrogen-bond donors (Lipinski definition) is 0. The standard InChI is InChI=1S/C15H32N2SSi2/c1-9-11-13-14(12-10-2)17(20(6,7)8)15(18)16(13)19(3,4)5/h9-12H2,1-8H3. The Bertz CT molecular complexity index is 471. The van der Waals surface area contributed by atoms with Crippen LogP contribution in [0.1, 0.15) is 38.1 Å². The molecule has 0 spiro atoms. The quantitative estimate of drug-likeness (QED) is 0.509. The van der Waals surface area contributed by atoms with Gasteiger partial charge in [-0.1, -0.05) is 66.0 Å². The first-order chi connectivity index (χ1) is 9.05. The van der Waals surface area contributed by atoms with E-state index in [0.717, 1.165) is 4.77 Å². The molecule has 1 heterocycles. The van der Waals surface area contributed by atoms with Crippen LogP contribution in [-0.2, 0) is 12.8 Å². The molecule has 0 saturated carbocycles. The molecule has 0 saturated heterocycles. The van der Waals surface area contributed by atoms with Crippen molar-refractivity contribution in [1.82, 2.24) is 8.47 Å². The summed E-state index contributed by atoms with van der Waals surface area (Å²) in [5.74, 6) is 0. The Hall–Kier alpha value is -0.136. The van der Waals surface area contributed by atoms with Gasteiger partial charge in [-0.05, 0) is 25.1 Å². The van der Waals surface area contributed by atoms with Crippen LogP contribution in [0.15, 0.2) is 0 Å². The molecule has 0 aliphatic carbocycles. The van der Waals surface area contributed by atoms with E-state index in [1.807, 2.05) is 0 Å². The summed E-state index contributed by atoms with van der Waals surface area (Å²) in [4.78, 5) is 0. The first kappa shape index (κ1) is 17.9. The van der Waals surface area contributed by atoms with E-state index in [1.54, 1.807) is 11.4 Å². The average Bonchev–Trinajstić information content (AvgIpc) is 2.51. The fourth-order valence-electron chi connectivity index (χ4n) is 2.96. The molecule has 0 bridgehead atoms. The normalized spacial score (nSPS) is 13.0. The van der Waals surface area contributed by atoms with E-state index in [1.165, 1.54) is 25.7 Å². The van der Waals surface area contributed by atoms with Gasteiger partial charge in [0.15, 0.2) is 21.2 Å². The molecule has 0 amide bonds. The summed E-state index contributed by atoms with van der Waals surface area (Å²) in [6.45, 7) is 19.0. The van der Waals surface area contributed by atoms with Gasteiger partial charge in [0.05, 0.1) is 0 Å². The minimum absolute atomic E-state index is 1.11. The Kier molecular flexibility index (Phi) is 5.66.